The molecule has 1 aliphatic rings. The van der Waals surface area contributed by atoms with Crippen molar-refractivity contribution in [2.24, 2.45) is 0 Å². The molecule has 0 bridgehead atoms. The molecule has 0 spiro atoms. The van der Waals surface area contributed by atoms with E-state index in [0.717, 1.165) is 22.4 Å². The molecule has 0 unspecified atom stereocenters. The van der Waals surface area contributed by atoms with E-state index >= 15 is 0 Å². The van der Waals surface area contributed by atoms with Crippen molar-refractivity contribution in [2.75, 3.05) is 0 Å². The number of carbonyl (C=O) groups excluding carboxylic acids is 1. The SMILES string of the molecule is Cc1cccc(COc2ccc(/C=C3/SC(=S)N(Cc4ccccc4)C3=O)cc2)c1. The highest BCUT2D eigenvalue weighted by molar-refractivity contribution is 8.26. The smallest absolute Gasteiger partial charge is 0.266 e. The second-order valence-corrected chi connectivity index (χ2v) is 8.78. The Morgan fingerprint density at radius 1 is 0.967 bits per heavy atom. The molecule has 150 valence electrons. The molecule has 30 heavy (non-hydrogen) atoms. The highest BCUT2D eigenvalue weighted by Gasteiger charge is 2.31. The van der Waals surface area contributed by atoms with Crippen molar-refractivity contribution in [3.8, 4) is 5.75 Å². The van der Waals surface area contributed by atoms with E-state index in [1.165, 1.54) is 17.3 Å². The van der Waals surface area contributed by atoms with Gasteiger partial charge in [0.15, 0.2) is 0 Å². The van der Waals surface area contributed by atoms with Gasteiger partial charge in [0, 0.05) is 0 Å². The van der Waals surface area contributed by atoms with Crippen LogP contribution in [0.2, 0.25) is 0 Å². The molecule has 0 aromatic heterocycles. The van der Waals surface area contributed by atoms with Gasteiger partial charge in [0.05, 0.1) is 11.4 Å². The van der Waals surface area contributed by atoms with Crippen LogP contribution in [0.4, 0.5) is 0 Å². The number of benzene rings is 3. The van der Waals surface area contributed by atoms with Crippen LogP contribution >= 0.6 is 24.0 Å². The zero-order chi connectivity index (χ0) is 20.9. The molecule has 1 amide bonds. The fraction of sp³-hybridized carbons (Fsp3) is 0.120. The van der Waals surface area contributed by atoms with Gasteiger partial charge < -0.3 is 4.74 Å². The van der Waals surface area contributed by atoms with Crippen LogP contribution in [-0.4, -0.2) is 15.1 Å². The van der Waals surface area contributed by atoms with Gasteiger partial charge >= 0.3 is 0 Å². The van der Waals surface area contributed by atoms with Gasteiger partial charge in [-0.3, -0.25) is 9.69 Å². The summed E-state index contributed by atoms with van der Waals surface area (Å²) in [5.41, 5.74) is 4.36. The lowest BCUT2D eigenvalue weighted by atomic mass is 10.1. The van der Waals surface area contributed by atoms with Crippen molar-refractivity contribution < 1.29 is 9.53 Å². The number of ether oxygens (including phenoxy) is 1. The Morgan fingerprint density at radius 2 is 1.70 bits per heavy atom. The van der Waals surface area contributed by atoms with Crippen LogP contribution in [0.1, 0.15) is 22.3 Å². The van der Waals surface area contributed by atoms with Gasteiger partial charge in [-0.05, 0) is 41.8 Å². The summed E-state index contributed by atoms with van der Waals surface area (Å²) in [5, 5.41) is 0. The van der Waals surface area contributed by atoms with Crippen LogP contribution in [0, 0.1) is 6.92 Å². The molecule has 5 heteroatoms. The maximum atomic E-state index is 12.8. The molecule has 1 heterocycles. The standard InChI is InChI=1S/C25H21NO2S2/c1-18-6-5-9-21(14-18)17-28-22-12-10-19(11-13-22)15-23-24(27)26(25(29)30-23)16-20-7-3-2-4-8-20/h2-15H,16-17H2,1H3/b23-15+. The third kappa shape index (κ3) is 4.99. The first-order chi connectivity index (χ1) is 14.6. The van der Waals surface area contributed by atoms with Crippen molar-refractivity contribution in [2.45, 2.75) is 20.1 Å². The maximum absolute atomic E-state index is 12.8. The molecule has 3 nitrogen and oxygen atoms in total. The quantitative estimate of drug-likeness (QED) is 0.355. The first-order valence-electron chi connectivity index (χ1n) is 9.66. The molecule has 1 fully saturated rings. The molecule has 0 radical (unpaired) electrons. The largest absolute Gasteiger partial charge is 0.489 e. The van der Waals surface area contributed by atoms with E-state index in [2.05, 4.69) is 25.1 Å². The average molecular weight is 432 g/mol. The molecule has 3 aromatic rings. The molecule has 0 atom stereocenters. The number of thioether (sulfide) groups is 1. The van der Waals surface area contributed by atoms with Crippen LogP contribution in [0.15, 0.2) is 83.8 Å². The Bertz CT molecular complexity index is 1090. The van der Waals surface area contributed by atoms with Crippen molar-refractivity contribution in [1.82, 2.24) is 4.90 Å². The van der Waals surface area contributed by atoms with Crippen LogP contribution in [-0.2, 0) is 17.9 Å². The first kappa shape index (κ1) is 20.4. The molecule has 3 aromatic carbocycles. The van der Waals surface area contributed by atoms with Gasteiger partial charge in [0.2, 0.25) is 0 Å². The van der Waals surface area contributed by atoms with Crippen LogP contribution in [0.25, 0.3) is 6.08 Å². The van der Waals surface area contributed by atoms with Crippen molar-refractivity contribution in [3.63, 3.8) is 0 Å². The topological polar surface area (TPSA) is 29.5 Å². The van der Waals surface area contributed by atoms with E-state index < -0.39 is 0 Å². The minimum atomic E-state index is -0.0476. The number of nitrogens with zero attached hydrogens (tertiary/aromatic N) is 1. The van der Waals surface area contributed by atoms with E-state index in [0.29, 0.717) is 22.4 Å². The monoisotopic (exact) mass is 431 g/mol. The number of hydrogen-bond acceptors (Lipinski definition) is 4. The average Bonchev–Trinajstić information content (AvgIpc) is 3.01. The van der Waals surface area contributed by atoms with Crippen LogP contribution < -0.4 is 4.74 Å². The molecular formula is C25H21NO2S2. The normalized spacial score (nSPS) is 15.1. The van der Waals surface area contributed by atoms with E-state index in [9.17, 15) is 4.79 Å². The minimum Gasteiger partial charge on any atom is -0.489 e. The lowest BCUT2D eigenvalue weighted by Gasteiger charge is -2.14. The summed E-state index contributed by atoms with van der Waals surface area (Å²) in [6.07, 6.45) is 1.88. The third-order valence-electron chi connectivity index (χ3n) is 4.72. The Balaban J connectivity index is 1.40. The van der Waals surface area contributed by atoms with Gasteiger partial charge in [-0.25, -0.2) is 0 Å². The lowest BCUT2D eigenvalue weighted by molar-refractivity contribution is -0.122. The number of carbonyl (C=O) groups is 1. The van der Waals surface area contributed by atoms with Crippen molar-refractivity contribution in [1.29, 1.82) is 0 Å². The molecular weight excluding hydrogens is 410 g/mol. The number of thiocarbonyl (C=S) groups is 1. The van der Waals surface area contributed by atoms with E-state index in [-0.39, 0.29) is 5.91 Å². The molecule has 0 aliphatic carbocycles. The fourth-order valence-corrected chi connectivity index (χ4v) is 4.44. The maximum Gasteiger partial charge on any atom is 0.266 e. The predicted molar refractivity (Wildman–Crippen MR) is 127 cm³/mol. The Morgan fingerprint density at radius 3 is 2.43 bits per heavy atom. The van der Waals surface area contributed by atoms with Gasteiger partial charge in [0.1, 0.15) is 16.7 Å². The number of hydrogen-bond donors (Lipinski definition) is 0. The third-order valence-corrected chi connectivity index (χ3v) is 6.10. The first-order valence-corrected chi connectivity index (χ1v) is 10.9. The van der Waals surface area contributed by atoms with E-state index in [1.54, 1.807) is 4.90 Å². The summed E-state index contributed by atoms with van der Waals surface area (Å²) < 4.78 is 6.46. The minimum absolute atomic E-state index is 0.0476. The molecule has 1 aliphatic heterocycles. The lowest BCUT2D eigenvalue weighted by Crippen LogP contribution is -2.27. The summed E-state index contributed by atoms with van der Waals surface area (Å²) in [5.74, 6) is 0.749. The highest BCUT2D eigenvalue weighted by Crippen LogP contribution is 2.33. The summed E-state index contributed by atoms with van der Waals surface area (Å²) in [7, 11) is 0. The van der Waals surface area contributed by atoms with Crippen LogP contribution in [0.5, 0.6) is 5.75 Å². The summed E-state index contributed by atoms with van der Waals surface area (Å²) in [6, 6.07) is 25.9. The van der Waals surface area contributed by atoms with Gasteiger partial charge in [-0.1, -0.05) is 96.3 Å². The number of rotatable bonds is 6. The van der Waals surface area contributed by atoms with Crippen LogP contribution in [0.3, 0.4) is 0 Å². The fourth-order valence-electron chi connectivity index (χ4n) is 3.18. The number of aryl methyl sites for hydroxylation is 1. The second-order valence-electron chi connectivity index (χ2n) is 7.10. The second kappa shape index (κ2) is 9.28. The van der Waals surface area contributed by atoms with E-state index in [1.807, 2.05) is 66.7 Å². The summed E-state index contributed by atoms with van der Waals surface area (Å²) in [6.45, 7) is 3.09. The van der Waals surface area contributed by atoms with Gasteiger partial charge in [-0.15, -0.1) is 0 Å². The summed E-state index contributed by atoms with van der Waals surface area (Å²) in [4.78, 5) is 15.1. The molecule has 1 saturated heterocycles. The molecule has 4 rings (SSSR count). The Labute approximate surface area is 186 Å². The summed E-state index contributed by atoms with van der Waals surface area (Å²) >= 11 is 6.77. The molecule has 0 saturated carbocycles. The zero-order valence-electron chi connectivity index (χ0n) is 16.6. The van der Waals surface area contributed by atoms with Crippen molar-refractivity contribution >= 4 is 40.3 Å². The molecule has 0 N–H and O–H groups in total. The predicted octanol–water partition coefficient (Wildman–Crippen LogP) is 5.98. The van der Waals surface area contributed by atoms with Gasteiger partial charge in [0.25, 0.3) is 5.91 Å². The highest BCUT2D eigenvalue weighted by atomic mass is 32.2. The number of amides is 1. The zero-order valence-corrected chi connectivity index (χ0v) is 18.2. The Hall–Kier alpha value is -2.89. The van der Waals surface area contributed by atoms with Crippen molar-refractivity contribution in [3.05, 3.63) is 106 Å². The van der Waals surface area contributed by atoms with Gasteiger partial charge in [-0.2, -0.15) is 0 Å². The van der Waals surface area contributed by atoms with E-state index in [4.69, 9.17) is 17.0 Å². The Kier molecular flexibility index (Phi) is 6.31.